The Labute approximate surface area is 166 Å². The van der Waals surface area contributed by atoms with Crippen LogP contribution in [0.3, 0.4) is 0 Å². The molecule has 8 nitrogen and oxygen atoms in total. The number of aromatic nitrogens is 3. The van der Waals surface area contributed by atoms with Gasteiger partial charge in [-0.2, -0.15) is 4.98 Å². The van der Waals surface area contributed by atoms with Gasteiger partial charge in [-0.15, -0.1) is 0 Å². The second kappa shape index (κ2) is 7.51. The third-order valence-electron chi connectivity index (χ3n) is 4.57. The van der Waals surface area contributed by atoms with E-state index in [0.717, 1.165) is 5.56 Å². The number of hydrogen-bond donors (Lipinski definition) is 3. The summed E-state index contributed by atoms with van der Waals surface area (Å²) in [5.74, 6) is 0.169. The van der Waals surface area contributed by atoms with E-state index in [4.69, 9.17) is 10.5 Å². The molecule has 0 saturated heterocycles. The van der Waals surface area contributed by atoms with E-state index in [2.05, 4.69) is 15.3 Å². The van der Waals surface area contributed by atoms with Gasteiger partial charge >= 0.3 is 5.69 Å². The van der Waals surface area contributed by atoms with Gasteiger partial charge in [0.15, 0.2) is 5.65 Å². The van der Waals surface area contributed by atoms with Crippen molar-refractivity contribution in [3.8, 4) is 5.88 Å². The minimum Gasteiger partial charge on any atom is -0.481 e. The quantitative estimate of drug-likeness (QED) is 0.454. The van der Waals surface area contributed by atoms with Crippen molar-refractivity contribution >= 4 is 28.4 Å². The summed E-state index contributed by atoms with van der Waals surface area (Å²) in [6.07, 6.45) is 0. The first-order valence-electron chi connectivity index (χ1n) is 8.93. The fraction of sp³-hybridized carbons (Fsp3) is 0.0952. The number of amides is 1. The molecule has 2 heterocycles. The number of hydrogen-bond acceptors (Lipinski definition) is 5. The molecule has 2 aromatic carbocycles. The van der Waals surface area contributed by atoms with Gasteiger partial charge in [0.1, 0.15) is 0 Å². The number of anilines is 2. The van der Waals surface area contributed by atoms with Crippen molar-refractivity contribution in [2.75, 3.05) is 18.2 Å². The molecule has 4 rings (SSSR count). The van der Waals surface area contributed by atoms with Gasteiger partial charge in [-0.1, -0.05) is 24.3 Å². The van der Waals surface area contributed by atoms with Gasteiger partial charge in [-0.3, -0.25) is 9.36 Å². The minimum absolute atomic E-state index is 0.259. The molecule has 1 amide bonds. The molecule has 0 aliphatic carbocycles. The van der Waals surface area contributed by atoms with Crippen LogP contribution in [0.1, 0.15) is 15.9 Å². The highest BCUT2D eigenvalue weighted by Crippen LogP contribution is 2.18. The molecule has 0 aliphatic rings. The fourth-order valence-electron chi connectivity index (χ4n) is 3.02. The SMILES string of the molecule is COc1ccc2[nH]c(=O)n(Cc3ccc(C(=O)Nc4ccccc4N)cc3)c2n1. The number of nitrogens with zero attached hydrogens (tertiary/aromatic N) is 2. The van der Waals surface area contributed by atoms with E-state index in [0.29, 0.717) is 40.5 Å². The number of nitrogen functional groups attached to an aromatic ring is 1. The van der Waals surface area contributed by atoms with Gasteiger partial charge in [0.2, 0.25) is 5.88 Å². The van der Waals surface area contributed by atoms with Gasteiger partial charge in [0.25, 0.3) is 5.91 Å². The molecule has 8 heteroatoms. The first kappa shape index (κ1) is 18.3. The van der Waals surface area contributed by atoms with Crippen LogP contribution in [0.5, 0.6) is 5.88 Å². The maximum atomic E-state index is 12.4. The number of carbonyl (C=O) groups is 1. The average Bonchev–Trinajstić information content (AvgIpc) is 3.04. The number of H-pyrrole nitrogens is 1. The number of imidazole rings is 1. The van der Waals surface area contributed by atoms with Crippen molar-refractivity contribution in [2.24, 2.45) is 0 Å². The Morgan fingerprint density at radius 1 is 1.14 bits per heavy atom. The Hall–Kier alpha value is -4.07. The summed E-state index contributed by atoms with van der Waals surface area (Å²) < 4.78 is 6.67. The predicted molar refractivity (Wildman–Crippen MR) is 111 cm³/mol. The van der Waals surface area contributed by atoms with Crippen molar-refractivity contribution in [3.05, 3.63) is 82.3 Å². The zero-order chi connectivity index (χ0) is 20.4. The largest absolute Gasteiger partial charge is 0.481 e. The van der Waals surface area contributed by atoms with Crippen LogP contribution in [0.4, 0.5) is 11.4 Å². The molecule has 0 saturated carbocycles. The summed E-state index contributed by atoms with van der Waals surface area (Å²) in [6, 6.07) is 17.5. The topological polar surface area (TPSA) is 115 Å². The van der Waals surface area contributed by atoms with Gasteiger partial charge in [-0.25, -0.2) is 4.79 Å². The minimum atomic E-state index is -0.262. The monoisotopic (exact) mass is 389 g/mol. The number of ether oxygens (including phenoxy) is 1. The van der Waals surface area contributed by atoms with Crippen molar-refractivity contribution in [3.63, 3.8) is 0 Å². The summed E-state index contributed by atoms with van der Waals surface area (Å²) in [5, 5.41) is 2.79. The van der Waals surface area contributed by atoms with E-state index < -0.39 is 0 Å². The fourth-order valence-corrected chi connectivity index (χ4v) is 3.02. The molecular formula is C21H19N5O3. The highest BCUT2D eigenvalue weighted by molar-refractivity contribution is 6.05. The Morgan fingerprint density at radius 2 is 1.90 bits per heavy atom. The van der Waals surface area contributed by atoms with E-state index >= 15 is 0 Å². The molecule has 0 bridgehead atoms. The molecule has 0 fully saturated rings. The van der Waals surface area contributed by atoms with Crippen LogP contribution >= 0.6 is 0 Å². The smallest absolute Gasteiger partial charge is 0.327 e. The van der Waals surface area contributed by atoms with E-state index in [1.54, 1.807) is 60.7 Å². The molecule has 0 radical (unpaired) electrons. The lowest BCUT2D eigenvalue weighted by Crippen LogP contribution is -2.18. The van der Waals surface area contributed by atoms with Crippen molar-refractivity contribution < 1.29 is 9.53 Å². The Kier molecular flexibility index (Phi) is 4.74. The Bertz CT molecular complexity index is 1240. The van der Waals surface area contributed by atoms with Gasteiger partial charge in [-0.05, 0) is 35.9 Å². The summed E-state index contributed by atoms with van der Waals surface area (Å²) in [6.45, 7) is 0.312. The second-order valence-corrected chi connectivity index (χ2v) is 6.48. The second-order valence-electron chi connectivity index (χ2n) is 6.48. The molecule has 4 aromatic rings. The third-order valence-corrected chi connectivity index (χ3v) is 4.57. The molecule has 4 N–H and O–H groups in total. The van der Waals surface area contributed by atoms with Gasteiger partial charge in [0, 0.05) is 11.6 Å². The van der Waals surface area contributed by atoms with Crippen molar-refractivity contribution in [2.45, 2.75) is 6.54 Å². The number of rotatable bonds is 5. The lowest BCUT2D eigenvalue weighted by Gasteiger charge is -2.09. The number of fused-ring (bicyclic) bond motifs is 1. The standard InChI is InChI=1S/C21H19N5O3/c1-29-18-11-10-17-19(25-18)26(21(28)24-17)12-13-6-8-14(9-7-13)20(27)23-16-5-3-2-4-15(16)22/h2-11H,12,22H2,1H3,(H,23,27)(H,24,28). The van der Waals surface area contributed by atoms with Crippen LogP contribution < -0.4 is 21.5 Å². The van der Waals surface area contributed by atoms with Crippen LogP contribution in [0.25, 0.3) is 11.2 Å². The van der Waals surface area contributed by atoms with Gasteiger partial charge in [0.05, 0.1) is 30.5 Å². The van der Waals surface area contributed by atoms with Crippen LogP contribution in [0.2, 0.25) is 0 Å². The molecule has 2 aromatic heterocycles. The third kappa shape index (κ3) is 3.68. The molecule has 0 aliphatic heterocycles. The van der Waals surface area contributed by atoms with E-state index in [1.165, 1.54) is 11.7 Å². The van der Waals surface area contributed by atoms with Crippen LogP contribution in [0, 0.1) is 0 Å². The highest BCUT2D eigenvalue weighted by atomic mass is 16.5. The van der Waals surface area contributed by atoms with E-state index in [-0.39, 0.29) is 11.6 Å². The number of benzene rings is 2. The normalized spacial score (nSPS) is 10.8. The average molecular weight is 389 g/mol. The van der Waals surface area contributed by atoms with E-state index in [9.17, 15) is 9.59 Å². The first-order chi connectivity index (χ1) is 14.0. The summed E-state index contributed by atoms with van der Waals surface area (Å²) >= 11 is 0. The maximum absolute atomic E-state index is 12.4. The Morgan fingerprint density at radius 3 is 2.62 bits per heavy atom. The number of para-hydroxylation sites is 2. The number of nitrogens with two attached hydrogens (primary N) is 1. The summed E-state index contributed by atoms with van der Waals surface area (Å²) in [5.41, 5.74) is 9.15. The van der Waals surface area contributed by atoms with Crippen molar-refractivity contribution in [1.29, 1.82) is 0 Å². The Balaban J connectivity index is 1.55. The number of aromatic amines is 1. The molecule has 146 valence electrons. The number of pyridine rings is 1. The van der Waals surface area contributed by atoms with Crippen LogP contribution in [-0.2, 0) is 6.54 Å². The zero-order valence-electron chi connectivity index (χ0n) is 15.7. The van der Waals surface area contributed by atoms with Crippen molar-refractivity contribution in [1.82, 2.24) is 14.5 Å². The molecule has 29 heavy (non-hydrogen) atoms. The lowest BCUT2D eigenvalue weighted by atomic mass is 10.1. The van der Waals surface area contributed by atoms with Crippen LogP contribution in [0.15, 0.2) is 65.5 Å². The molecule has 0 spiro atoms. The zero-order valence-corrected chi connectivity index (χ0v) is 15.7. The number of carbonyl (C=O) groups excluding carboxylic acids is 1. The molecule has 0 atom stereocenters. The lowest BCUT2D eigenvalue weighted by molar-refractivity contribution is 0.102. The maximum Gasteiger partial charge on any atom is 0.327 e. The molecular weight excluding hydrogens is 370 g/mol. The molecule has 0 unspecified atom stereocenters. The van der Waals surface area contributed by atoms with Gasteiger partial charge < -0.3 is 20.8 Å². The summed E-state index contributed by atoms with van der Waals surface area (Å²) in [7, 11) is 1.52. The first-order valence-corrected chi connectivity index (χ1v) is 8.93. The van der Waals surface area contributed by atoms with E-state index in [1.807, 2.05) is 0 Å². The summed E-state index contributed by atoms with van der Waals surface area (Å²) in [4.78, 5) is 31.9. The van der Waals surface area contributed by atoms with Crippen LogP contribution in [-0.4, -0.2) is 27.6 Å². The number of methoxy groups -OCH3 is 1. The predicted octanol–water partition coefficient (Wildman–Crippen LogP) is 2.62. The number of nitrogens with one attached hydrogen (secondary N) is 2. The highest BCUT2D eigenvalue weighted by Gasteiger charge is 2.11.